The highest BCUT2D eigenvalue weighted by atomic mass is 32.1. The summed E-state index contributed by atoms with van der Waals surface area (Å²) in [4.78, 5) is 24.7. The van der Waals surface area contributed by atoms with Gasteiger partial charge >= 0.3 is 11.9 Å². The van der Waals surface area contributed by atoms with Gasteiger partial charge in [-0.2, -0.15) is 0 Å². The lowest BCUT2D eigenvalue weighted by molar-refractivity contribution is -0.134. The molecule has 0 aliphatic carbocycles. The zero-order chi connectivity index (χ0) is 16.7. The van der Waals surface area contributed by atoms with E-state index in [0.29, 0.717) is 23.5 Å². The minimum Gasteiger partial charge on any atom is -0.493 e. The lowest BCUT2D eigenvalue weighted by Crippen LogP contribution is -2.09. The van der Waals surface area contributed by atoms with Gasteiger partial charge in [-0.05, 0) is 42.5 Å². The number of hydrogen-bond donors (Lipinski definition) is 0. The summed E-state index contributed by atoms with van der Waals surface area (Å²) in [6.45, 7) is 0. The molecule has 0 saturated heterocycles. The van der Waals surface area contributed by atoms with Crippen molar-refractivity contribution in [1.82, 2.24) is 0 Å². The molecular formula is C17H18O5S. The Balaban J connectivity index is 1.93. The number of thiophene rings is 1. The summed E-state index contributed by atoms with van der Waals surface area (Å²) in [7, 11) is 2.75. The van der Waals surface area contributed by atoms with Crippen molar-refractivity contribution in [2.24, 2.45) is 0 Å². The lowest BCUT2D eigenvalue weighted by atomic mass is 10.2. The Kier molecular flexibility index (Phi) is 6.17. The summed E-state index contributed by atoms with van der Waals surface area (Å²) in [6, 6.07) is 8.58. The Morgan fingerprint density at radius 3 is 2.61 bits per heavy atom. The zero-order valence-corrected chi connectivity index (χ0v) is 13.9. The third kappa shape index (κ3) is 4.82. The summed E-state index contributed by atoms with van der Waals surface area (Å²) in [5, 5.41) is 2.02. The van der Waals surface area contributed by atoms with Gasteiger partial charge in [0.2, 0.25) is 0 Å². The van der Waals surface area contributed by atoms with Crippen LogP contribution in [-0.2, 0) is 16.0 Å². The Hall–Kier alpha value is -2.34. The van der Waals surface area contributed by atoms with E-state index in [1.807, 2.05) is 17.5 Å². The molecule has 0 spiro atoms. The van der Waals surface area contributed by atoms with E-state index in [-0.39, 0.29) is 5.97 Å². The van der Waals surface area contributed by atoms with Gasteiger partial charge in [0, 0.05) is 11.3 Å². The Bertz CT molecular complexity index is 664. The molecule has 0 radical (unpaired) electrons. The average Bonchev–Trinajstić information content (AvgIpc) is 3.07. The summed E-state index contributed by atoms with van der Waals surface area (Å²) >= 11 is 1.68. The molecule has 0 aliphatic heterocycles. The predicted octanol–water partition coefficient (Wildman–Crippen LogP) is 3.47. The third-order valence-corrected chi connectivity index (χ3v) is 4.13. The van der Waals surface area contributed by atoms with Crippen molar-refractivity contribution in [2.45, 2.75) is 19.3 Å². The summed E-state index contributed by atoms with van der Waals surface area (Å²) in [5.74, 6) is -0.191. The first kappa shape index (κ1) is 17.0. The molecule has 122 valence electrons. The highest BCUT2D eigenvalue weighted by Crippen LogP contribution is 2.29. The largest absolute Gasteiger partial charge is 0.493 e. The zero-order valence-electron chi connectivity index (χ0n) is 13.0. The highest BCUT2D eigenvalue weighted by Gasteiger charge is 2.14. The van der Waals surface area contributed by atoms with E-state index in [0.717, 1.165) is 12.8 Å². The fourth-order valence-corrected chi connectivity index (χ4v) is 2.78. The van der Waals surface area contributed by atoms with Gasteiger partial charge in [0.25, 0.3) is 0 Å². The van der Waals surface area contributed by atoms with Gasteiger partial charge in [-0.25, -0.2) is 4.79 Å². The van der Waals surface area contributed by atoms with Gasteiger partial charge in [-0.1, -0.05) is 6.07 Å². The quantitative estimate of drug-likeness (QED) is 0.573. The van der Waals surface area contributed by atoms with E-state index in [9.17, 15) is 9.59 Å². The second-order valence-electron chi connectivity index (χ2n) is 4.76. The molecule has 5 nitrogen and oxygen atoms in total. The van der Waals surface area contributed by atoms with Crippen LogP contribution in [0, 0.1) is 0 Å². The maximum absolute atomic E-state index is 11.9. The molecule has 2 aromatic rings. The highest BCUT2D eigenvalue weighted by molar-refractivity contribution is 7.09. The molecule has 0 bridgehead atoms. The average molecular weight is 334 g/mol. The van der Waals surface area contributed by atoms with Crippen LogP contribution in [0.5, 0.6) is 11.5 Å². The van der Waals surface area contributed by atoms with Crippen molar-refractivity contribution < 1.29 is 23.8 Å². The van der Waals surface area contributed by atoms with Gasteiger partial charge < -0.3 is 14.2 Å². The Morgan fingerprint density at radius 2 is 1.96 bits per heavy atom. The number of esters is 2. The van der Waals surface area contributed by atoms with Crippen molar-refractivity contribution in [3.63, 3.8) is 0 Å². The summed E-state index contributed by atoms with van der Waals surface area (Å²) < 4.78 is 15.1. The number of carbonyl (C=O) groups is 2. The molecule has 0 aliphatic rings. The maximum Gasteiger partial charge on any atom is 0.337 e. The van der Waals surface area contributed by atoms with Gasteiger partial charge in [0.05, 0.1) is 19.8 Å². The van der Waals surface area contributed by atoms with Crippen LogP contribution in [0.2, 0.25) is 0 Å². The normalized spacial score (nSPS) is 10.2. The number of aryl methyl sites for hydroxylation is 1. The van der Waals surface area contributed by atoms with E-state index >= 15 is 0 Å². The summed E-state index contributed by atoms with van der Waals surface area (Å²) in [5.41, 5.74) is 0.335. The monoisotopic (exact) mass is 334 g/mol. The molecule has 0 fully saturated rings. The molecular weight excluding hydrogens is 316 g/mol. The molecule has 1 aromatic carbocycles. The molecule has 2 rings (SSSR count). The van der Waals surface area contributed by atoms with Crippen LogP contribution in [0.4, 0.5) is 0 Å². The van der Waals surface area contributed by atoms with Crippen molar-refractivity contribution >= 4 is 23.3 Å². The van der Waals surface area contributed by atoms with Crippen LogP contribution >= 0.6 is 11.3 Å². The summed E-state index contributed by atoms with van der Waals surface area (Å²) in [6.07, 6.45) is 1.90. The van der Waals surface area contributed by atoms with Crippen molar-refractivity contribution in [1.29, 1.82) is 0 Å². The van der Waals surface area contributed by atoms with Crippen LogP contribution in [0.25, 0.3) is 0 Å². The number of methoxy groups -OCH3 is 2. The van der Waals surface area contributed by atoms with Crippen LogP contribution in [-0.4, -0.2) is 26.2 Å². The van der Waals surface area contributed by atoms with Gasteiger partial charge in [0.15, 0.2) is 11.5 Å². The lowest BCUT2D eigenvalue weighted by Gasteiger charge is -2.10. The maximum atomic E-state index is 11.9. The van der Waals surface area contributed by atoms with Crippen LogP contribution in [0.15, 0.2) is 35.7 Å². The molecule has 0 saturated carbocycles. The molecule has 23 heavy (non-hydrogen) atoms. The smallest absolute Gasteiger partial charge is 0.337 e. The number of carbonyl (C=O) groups excluding carboxylic acids is 2. The molecule has 1 aromatic heterocycles. The Morgan fingerprint density at radius 1 is 1.13 bits per heavy atom. The number of ether oxygens (including phenoxy) is 3. The standard InChI is InChI=1S/C17H18O5S/c1-20-15-11-12(17(19)21-2)8-9-14(15)22-16(18)7-3-5-13-6-4-10-23-13/h4,6,8-11H,3,5,7H2,1-2H3. The molecule has 6 heteroatoms. The van der Waals surface area contributed by atoms with Crippen molar-refractivity contribution in [2.75, 3.05) is 14.2 Å². The third-order valence-electron chi connectivity index (χ3n) is 3.19. The fraction of sp³-hybridized carbons (Fsp3) is 0.294. The van der Waals surface area contributed by atoms with Gasteiger partial charge in [-0.3, -0.25) is 4.79 Å². The molecule has 0 atom stereocenters. The molecule has 0 unspecified atom stereocenters. The predicted molar refractivity (Wildman–Crippen MR) is 87.2 cm³/mol. The van der Waals surface area contributed by atoms with Gasteiger partial charge in [0.1, 0.15) is 0 Å². The topological polar surface area (TPSA) is 61.8 Å². The second-order valence-corrected chi connectivity index (χ2v) is 5.80. The number of rotatable bonds is 7. The molecule has 0 N–H and O–H groups in total. The second kappa shape index (κ2) is 8.33. The molecule has 1 heterocycles. The van der Waals surface area contributed by atoms with Gasteiger partial charge in [-0.15, -0.1) is 11.3 Å². The first-order valence-corrected chi connectivity index (χ1v) is 8.01. The molecule has 0 amide bonds. The van der Waals surface area contributed by atoms with E-state index in [1.165, 1.54) is 37.3 Å². The SMILES string of the molecule is COC(=O)c1ccc(OC(=O)CCCc2cccs2)c(OC)c1. The van der Waals surface area contributed by atoms with Crippen LogP contribution < -0.4 is 9.47 Å². The fourth-order valence-electron chi connectivity index (χ4n) is 2.03. The first-order chi connectivity index (χ1) is 11.1. The number of benzene rings is 1. The first-order valence-electron chi connectivity index (χ1n) is 7.13. The van der Waals surface area contributed by atoms with E-state index in [1.54, 1.807) is 11.3 Å². The van der Waals surface area contributed by atoms with Crippen LogP contribution in [0.1, 0.15) is 28.1 Å². The number of hydrogen-bond acceptors (Lipinski definition) is 6. The van der Waals surface area contributed by atoms with E-state index in [4.69, 9.17) is 9.47 Å². The Labute approximate surface area is 138 Å². The van der Waals surface area contributed by atoms with Crippen molar-refractivity contribution in [3.05, 3.63) is 46.2 Å². The minimum atomic E-state index is -0.475. The van der Waals surface area contributed by atoms with E-state index in [2.05, 4.69) is 4.74 Å². The van der Waals surface area contributed by atoms with E-state index < -0.39 is 5.97 Å². The minimum absolute atomic E-state index is 0.293. The van der Waals surface area contributed by atoms with Crippen LogP contribution in [0.3, 0.4) is 0 Å². The van der Waals surface area contributed by atoms with Crippen molar-refractivity contribution in [3.8, 4) is 11.5 Å².